The predicted octanol–water partition coefficient (Wildman–Crippen LogP) is 2.15. The van der Waals surface area contributed by atoms with Gasteiger partial charge in [-0.15, -0.1) is 0 Å². The fourth-order valence-electron chi connectivity index (χ4n) is 5.87. The number of hydrogen-bond acceptors (Lipinski definition) is 3. The van der Waals surface area contributed by atoms with Crippen LogP contribution < -0.4 is 4.74 Å². The normalized spacial score (nSPS) is 36.5. The fraction of sp³-hybridized carbons (Fsp3) is 0.579. The Bertz CT molecular complexity index is 755. The molecule has 2 bridgehead atoms. The lowest BCUT2D eigenvalue weighted by Crippen LogP contribution is -2.66. The SMILES string of the molecule is CC(=O)N1CCC23c4c5ccc(C)c4OC2C(=O)CC[C@@H]3[C@@H]1C5. The number of ketones is 1. The molecule has 2 aliphatic carbocycles. The van der Waals surface area contributed by atoms with E-state index in [0.29, 0.717) is 12.3 Å². The standard InChI is InChI=1S/C19H21NO3/c1-10-3-4-12-9-14-13-5-6-15(22)18-19(13,16(12)17(10)23-18)7-8-20(14)11(2)21/h3-4,13-14,18H,5-9H2,1-2H3/t13-,14+,18?,19?/m1/s1. The maximum atomic E-state index is 12.6. The van der Waals surface area contributed by atoms with E-state index >= 15 is 0 Å². The summed E-state index contributed by atoms with van der Waals surface area (Å²) in [7, 11) is 0. The molecule has 2 fully saturated rings. The first-order chi connectivity index (χ1) is 11.0. The topological polar surface area (TPSA) is 46.6 Å². The van der Waals surface area contributed by atoms with Crippen LogP contribution in [0.15, 0.2) is 12.1 Å². The van der Waals surface area contributed by atoms with Gasteiger partial charge in [-0.2, -0.15) is 0 Å². The van der Waals surface area contributed by atoms with Crippen molar-refractivity contribution >= 4 is 11.7 Å². The summed E-state index contributed by atoms with van der Waals surface area (Å²) < 4.78 is 6.26. The van der Waals surface area contributed by atoms with Crippen LogP contribution in [0.4, 0.5) is 0 Å². The molecule has 1 amide bonds. The van der Waals surface area contributed by atoms with Crippen molar-refractivity contribution in [2.24, 2.45) is 5.92 Å². The zero-order valence-electron chi connectivity index (χ0n) is 13.6. The second kappa shape index (κ2) is 4.16. The molecule has 4 aliphatic rings. The first kappa shape index (κ1) is 13.6. The van der Waals surface area contributed by atoms with Crippen molar-refractivity contribution in [1.29, 1.82) is 0 Å². The molecule has 5 rings (SSSR count). The third-order valence-corrected chi connectivity index (χ3v) is 6.73. The molecule has 120 valence electrons. The molecule has 4 atom stereocenters. The van der Waals surface area contributed by atoms with Crippen LogP contribution in [-0.4, -0.2) is 35.3 Å². The Morgan fingerprint density at radius 3 is 3.00 bits per heavy atom. The van der Waals surface area contributed by atoms with E-state index in [2.05, 4.69) is 19.1 Å². The number of Topliss-reactive ketones (excluding diaryl/α,β-unsaturated/α-hetero) is 1. The summed E-state index contributed by atoms with van der Waals surface area (Å²) in [5.74, 6) is 1.73. The summed E-state index contributed by atoms with van der Waals surface area (Å²) in [6, 6.07) is 4.51. The number of likely N-dealkylation sites (tertiary alicyclic amines) is 1. The summed E-state index contributed by atoms with van der Waals surface area (Å²) in [6.45, 7) is 4.49. The maximum absolute atomic E-state index is 12.6. The highest BCUT2D eigenvalue weighted by atomic mass is 16.5. The Labute approximate surface area is 135 Å². The van der Waals surface area contributed by atoms with E-state index in [-0.39, 0.29) is 29.3 Å². The van der Waals surface area contributed by atoms with Crippen molar-refractivity contribution in [3.8, 4) is 5.75 Å². The molecule has 1 saturated carbocycles. The van der Waals surface area contributed by atoms with Crippen LogP contribution in [0.1, 0.15) is 42.9 Å². The van der Waals surface area contributed by atoms with Crippen LogP contribution in [0.25, 0.3) is 0 Å². The van der Waals surface area contributed by atoms with Crippen molar-refractivity contribution in [3.63, 3.8) is 0 Å². The van der Waals surface area contributed by atoms with Crippen LogP contribution in [0, 0.1) is 12.8 Å². The van der Waals surface area contributed by atoms with Gasteiger partial charge in [0.2, 0.25) is 5.91 Å². The van der Waals surface area contributed by atoms with Crippen LogP contribution in [0.5, 0.6) is 5.75 Å². The first-order valence-corrected chi connectivity index (χ1v) is 8.63. The van der Waals surface area contributed by atoms with Gasteiger partial charge in [-0.25, -0.2) is 0 Å². The van der Waals surface area contributed by atoms with Crippen molar-refractivity contribution < 1.29 is 14.3 Å². The monoisotopic (exact) mass is 311 g/mol. The van der Waals surface area contributed by atoms with Crippen LogP contribution in [0.2, 0.25) is 0 Å². The molecule has 4 heteroatoms. The zero-order chi connectivity index (χ0) is 15.9. The number of hydrogen-bond donors (Lipinski definition) is 0. The highest BCUT2D eigenvalue weighted by molar-refractivity contribution is 5.89. The molecule has 1 aromatic carbocycles. The summed E-state index contributed by atoms with van der Waals surface area (Å²) in [5, 5.41) is 0. The quantitative estimate of drug-likeness (QED) is 0.737. The third-order valence-electron chi connectivity index (χ3n) is 6.73. The highest BCUT2D eigenvalue weighted by Gasteiger charge is 2.65. The predicted molar refractivity (Wildman–Crippen MR) is 84.5 cm³/mol. The number of carbonyl (C=O) groups is 2. The van der Waals surface area contributed by atoms with Gasteiger partial charge in [0.05, 0.1) is 0 Å². The smallest absolute Gasteiger partial charge is 0.219 e. The number of aryl methyl sites for hydroxylation is 1. The minimum Gasteiger partial charge on any atom is -0.481 e. The van der Waals surface area contributed by atoms with Gasteiger partial charge >= 0.3 is 0 Å². The van der Waals surface area contributed by atoms with E-state index in [1.807, 2.05) is 4.90 Å². The number of nitrogens with zero attached hydrogens (tertiary/aromatic N) is 1. The van der Waals surface area contributed by atoms with Crippen molar-refractivity contribution in [2.45, 2.75) is 57.1 Å². The Balaban J connectivity index is 1.78. The molecule has 1 saturated heterocycles. The molecule has 2 heterocycles. The minimum atomic E-state index is -0.326. The van der Waals surface area contributed by atoms with Gasteiger partial charge in [-0.05, 0) is 43.2 Å². The molecule has 0 N–H and O–H groups in total. The number of benzene rings is 1. The molecule has 2 unspecified atom stereocenters. The van der Waals surface area contributed by atoms with E-state index in [1.54, 1.807) is 6.92 Å². The molecule has 0 aromatic heterocycles. The van der Waals surface area contributed by atoms with Gasteiger partial charge < -0.3 is 9.64 Å². The molecule has 2 aliphatic heterocycles. The summed E-state index contributed by atoms with van der Waals surface area (Å²) >= 11 is 0. The van der Waals surface area contributed by atoms with E-state index < -0.39 is 0 Å². The minimum absolute atomic E-state index is 0.160. The van der Waals surface area contributed by atoms with Crippen LogP contribution in [0.3, 0.4) is 0 Å². The van der Waals surface area contributed by atoms with Gasteiger partial charge in [-0.1, -0.05) is 12.1 Å². The lowest BCUT2D eigenvalue weighted by Gasteiger charge is -2.57. The summed E-state index contributed by atoms with van der Waals surface area (Å²) in [4.78, 5) is 26.8. The number of ether oxygens (including phenoxy) is 1. The molecular formula is C19H21NO3. The molecule has 0 radical (unpaired) electrons. The molecule has 4 nitrogen and oxygen atoms in total. The van der Waals surface area contributed by atoms with Crippen LogP contribution >= 0.6 is 0 Å². The lowest BCUT2D eigenvalue weighted by molar-refractivity contribution is -0.146. The molecular weight excluding hydrogens is 290 g/mol. The largest absolute Gasteiger partial charge is 0.481 e. The second-order valence-electron chi connectivity index (χ2n) is 7.63. The number of rotatable bonds is 0. The first-order valence-electron chi connectivity index (χ1n) is 8.63. The van der Waals surface area contributed by atoms with E-state index in [0.717, 1.165) is 37.1 Å². The summed E-state index contributed by atoms with van der Waals surface area (Å²) in [5.41, 5.74) is 3.54. The molecule has 1 spiro atoms. The number of piperidine rings is 1. The Kier molecular flexibility index (Phi) is 2.46. The third kappa shape index (κ3) is 1.43. The zero-order valence-corrected chi connectivity index (χ0v) is 13.6. The Morgan fingerprint density at radius 2 is 2.22 bits per heavy atom. The van der Waals surface area contributed by atoms with Crippen molar-refractivity contribution in [1.82, 2.24) is 4.90 Å². The Hall–Kier alpha value is -1.84. The highest BCUT2D eigenvalue weighted by Crippen LogP contribution is 2.62. The lowest BCUT2D eigenvalue weighted by atomic mass is 9.51. The average Bonchev–Trinajstić information content (AvgIpc) is 2.86. The van der Waals surface area contributed by atoms with Crippen molar-refractivity contribution in [2.75, 3.05) is 6.54 Å². The Morgan fingerprint density at radius 1 is 1.39 bits per heavy atom. The van der Waals surface area contributed by atoms with E-state index in [4.69, 9.17) is 4.74 Å². The summed E-state index contributed by atoms with van der Waals surface area (Å²) in [6.07, 6.45) is 2.90. The van der Waals surface area contributed by atoms with Gasteiger partial charge in [0.25, 0.3) is 0 Å². The van der Waals surface area contributed by atoms with Gasteiger partial charge in [-0.3, -0.25) is 9.59 Å². The van der Waals surface area contributed by atoms with E-state index in [1.165, 1.54) is 11.1 Å². The van der Waals surface area contributed by atoms with Gasteiger partial charge in [0, 0.05) is 36.9 Å². The van der Waals surface area contributed by atoms with Crippen LogP contribution in [-0.2, 0) is 21.4 Å². The van der Waals surface area contributed by atoms with Gasteiger partial charge in [0.15, 0.2) is 11.9 Å². The molecule has 23 heavy (non-hydrogen) atoms. The fourth-order valence-corrected chi connectivity index (χ4v) is 5.87. The maximum Gasteiger partial charge on any atom is 0.219 e. The average molecular weight is 311 g/mol. The second-order valence-corrected chi connectivity index (χ2v) is 7.63. The number of carbonyl (C=O) groups excluding carboxylic acids is 2. The van der Waals surface area contributed by atoms with Gasteiger partial charge in [0.1, 0.15) is 5.75 Å². The van der Waals surface area contributed by atoms with E-state index in [9.17, 15) is 9.59 Å². The van der Waals surface area contributed by atoms with Crippen molar-refractivity contribution in [3.05, 3.63) is 28.8 Å². The molecule has 1 aromatic rings. The number of amides is 1.